The minimum absolute atomic E-state index is 0.0496. The molecular weight excluding hydrogens is 214 g/mol. The molecule has 3 nitrogen and oxygen atoms in total. The van der Waals surface area contributed by atoms with E-state index in [-0.39, 0.29) is 11.5 Å². The molecule has 0 atom stereocenters. The first-order chi connectivity index (χ1) is 8.25. The van der Waals surface area contributed by atoms with Crippen LogP contribution in [0.15, 0.2) is 54.7 Å². The van der Waals surface area contributed by atoms with Crippen molar-refractivity contribution < 1.29 is 9.90 Å². The molecule has 0 saturated carbocycles. The van der Waals surface area contributed by atoms with Gasteiger partial charge in [-0.05, 0) is 23.8 Å². The summed E-state index contributed by atoms with van der Waals surface area (Å²) in [5.74, 6) is -0.137. The van der Waals surface area contributed by atoms with Gasteiger partial charge in [-0.15, -0.1) is 0 Å². The van der Waals surface area contributed by atoms with Crippen LogP contribution in [0.1, 0.15) is 16.1 Å². The lowest BCUT2D eigenvalue weighted by Gasteiger charge is -1.95. The third kappa shape index (κ3) is 3.01. The second kappa shape index (κ2) is 5.07. The number of aromatic nitrogens is 1. The molecule has 2 rings (SSSR count). The fourth-order valence-electron chi connectivity index (χ4n) is 1.35. The fourth-order valence-corrected chi connectivity index (χ4v) is 1.35. The molecule has 17 heavy (non-hydrogen) atoms. The highest BCUT2D eigenvalue weighted by atomic mass is 16.3. The van der Waals surface area contributed by atoms with Crippen LogP contribution in [0.2, 0.25) is 0 Å². The van der Waals surface area contributed by atoms with Crippen molar-refractivity contribution in [2.75, 3.05) is 0 Å². The zero-order chi connectivity index (χ0) is 12.1. The summed E-state index contributed by atoms with van der Waals surface area (Å²) in [7, 11) is 0. The van der Waals surface area contributed by atoms with Crippen LogP contribution in [-0.2, 0) is 0 Å². The molecule has 0 aliphatic carbocycles. The summed E-state index contributed by atoms with van der Waals surface area (Å²) in [6, 6.07) is 12.5. The normalized spacial score (nSPS) is 10.6. The maximum absolute atomic E-state index is 11.7. The highest BCUT2D eigenvalue weighted by molar-refractivity contribution is 6.05. The Morgan fingerprint density at radius 1 is 1.12 bits per heavy atom. The predicted octanol–water partition coefficient (Wildman–Crippen LogP) is 2.68. The Bertz CT molecular complexity index is 530. The summed E-state index contributed by atoms with van der Waals surface area (Å²) < 4.78 is 0. The van der Waals surface area contributed by atoms with Crippen molar-refractivity contribution >= 4 is 11.9 Å². The second-order valence-corrected chi connectivity index (χ2v) is 3.51. The molecule has 1 heterocycles. The first-order valence-corrected chi connectivity index (χ1v) is 5.18. The van der Waals surface area contributed by atoms with Gasteiger partial charge in [0, 0.05) is 0 Å². The summed E-state index contributed by atoms with van der Waals surface area (Å²) >= 11 is 0. The SMILES string of the molecule is O=C(/C=C/c1ccccc1)c1ccc(O)cn1. The first kappa shape index (κ1) is 11.1. The topological polar surface area (TPSA) is 50.2 Å². The monoisotopic (exact) mass is 225 g/mol. The van der Waals surface area contributed by atoms with Gasteiger partial charge in [0.15, 0.2) is 0 Å². The van der Waals surface area contributed by atoms with E-state index < -0.39 is 0 Å². The molecule has 0 amide bonds. The van der Waals surface area contributed by atoms with Gasteiger partial charge in [0.25, 0.3) is 0 Å². The standard InChI is InChI=1S/C14H11NO2/c16-12-7-8-13(15-10-12)14(17)9-6-11-4-2-1-3-5-11/h1-10,16H/b9-6+. The number of pyridine rings is 1. The van der Waals surface area contributed by atoms with E-state index in [1.54, 1.807) is 6.08 Å². The Hall–Kier alpha value is -2.42. The highest BCUT2D eigenvalue weighted by Gasteiger charge is 2.02. The minimum Gasteiger partial charge on any atom is -0.506 e. The van der Waals surface area contributed by atoms with E-state index in [2.05, 4.69) is 4.98 Å². The van der Waals surface area contributed by atoms with Crippen LogP contribution in [0.3, 0.4) is 0 Å². The Kier molecular flexibility index (Phi) is 3.31. The van der Waals surface area contributed by atoms with Crippen LogP contribution in [0.5, 0.6) is 5.75 Å². The van der Waals surface area contributed by atoms with E-state index in [0.717, 1.165) is 5.56 Å². The van der Waals surface area contributed by atoms with Gasteiger partial charge in [0.2, 0.25) is 5.78 Å². The number of carbonyl (C=O) groups is 1. The van der Waals surface area contributed by atoms with E-state index >= 15 is 0 Å². The lowest BCUT2D eigenvalue weighted by Crippen LogP contribution is -1.96. The van der Waals surface area contributed by atoms with Gasteiger partial charge in [0.1, 0.15) is 11.4 Å². The summed E-state index contributed by atoms with van der Waals surface area (Å²) in [5, 5.41) is 9.05. The van der Waals surface area contributed by atoms with Gasteiger partial charge in [-0.2, -0.15) is 0 Å². The molecule has 1 aromatic carbocycles. The average molecular weight is 225 g/mol. The molecule has 3 heteroatoms. The zero-order valence-electron chi connectivity index (χ0n) is 9.08. The van der Waals surface area contributed by atoms with Crippen molar-refractivity contribution in [3.63, 3.8) is 0 Å². The minimum atomic E-state index is -0.186. The average Bonchev–Trinajstić information content (AvgIpc) is 2.38. The molecule has 0 spiro atoms. The van der Waals surface area contributed by atoms with Crippen LogP contribution < -0.4 is 0 Å². The van der Waals surface area contributed by atoms with Gasteiger partial charge in [-0.1, -0.05) is 36.4 Å². The number of carbonyl (C=O) groups excluding carboxylic acids is 1. The molecule has 0 unspecified atom stereocenters. The number of hydrogen-bond acceptors (Lipinski definition) is 3. The summed E-state index contributed by atoms with van der Waals surface area (Å²) in [4.78, 5) is 15.5. The Balaban J connectivity index is 2.12. The molecule has 0 fully saturated rings. The molecule has 0 aliphatic heterocycles. The number of aromatic hydroxyl groups is 1. The van der Waals surface area contributed by atoms with Crippen LogP contribution in [-0.4, -0.2) is 15.9 Å². The Morgan fingerprint density at radius 3 is 2.53 bits per heavy atom. The number of rotatable bonds is 3. The maximum Gasteiger partial charge on any atom is 0.204 e. The van der Waals surface area contributed by atoms with Gasteiger partial charge in [-0.25, -0.2) is 4.98 Å². The van der Waals surface area contributed by atoms with Crippen molar-refractivity contribution in [3.05, 3.63) is 66.0 Å². The van der Waals surface area contributed by atoms with Gasteiger partial charge in [-0.3, -0.25) is 4.79 Å². The van der Waals surface area contributed by atoms with E-state index in [1.807, 2.05) is 30.3 Å². The van der Waals surface area contributed by atoms with Crippen molar-refractivity contribution in [1.29, 1.82) is 0 Å². The van der Waals surface area contributed by atoms with Crippen LogP contribution >= 0.6 is 0 Å². The smallest absolute Gasteiger partial charge is 0.204 e. The fraction of sp³-hybridized carbons (Fsp3) is 0. The van der Waals surface area contributed by atoms with Crippen molar-refractivity contribution in [3.8, 4) is 5.75 Å². The first-order valence-electron chi connectivity index (χ1n) is 5.18. The van der Waals surface area contributed by atoms with Crippen LogP contribution in [0, 0.1) is 0 Å². The Morgan fingerprint density at radius 2 is 1.88 bits per heavy atom. The quantitative estimate of drug-likeness (QED) is 0.645. The van der Waals surface area contributed by atoms with Crippen molar-refractivity contribution in [2.45, 2.75) is 0 Å². The molecule has 2 aromatic rings. The van der Waals surface area contributed by atoms with E-state index in [1.165, 1.54) is 24.4 Å². The van der Waals surface area contributed by atoms with E-state index in [9.17, 15) is 4.79 Å². The van der Waals surface area contributed by atoms with E-state index in [4.69, 9.17) is 5.11 Å². The summed E-state index contributed by atoms with van der Waals surface area (Å²) in [5.41, 5.74) is 1.27. The number of nitrogens with zero attached hydrogens (tertiary/aromatic N) is 1. The molecule has 0 aliphatic rings. The number of benzene rings is 1. The maximum atomic E-state index is 11.7. The van der Waals surface area contributed by atoms with Crippen molar-refractivity contribution in [2.24, 2.45) is 0 Å². The number of ketones is 1. The van der Waals surface area contributed by atoms with Gasteiger partial charge < -0.3 is 5.11 Å². The molecule has 0 bridgehead atoms. The predicted molar refractivity (Wildman–Crippen MR) is 65.7 cm³/mol. The molecule has 1 N–H and O–H groups in total. The second-order valence-electron chi connectivity index (χ2n) is 3.51. The van der Waals surface area contributed by atoms with Crippen LogP contribution in [0.4, 0.5) is 0 Å². The van der Waals surface area contributed by atoms with E-state index in [0.29, 0.717) is 5.69 Å². The summed E-state index contributed by atoms with van der Waals surface area (Å²) in [6.45, 7) is 0. The highest BCUT2D eigenvalue weighted by Crippen LogP contribution is 2.08. The molecule has 84 valence electrons. The molecule has 0 radical (unpaired) electrons. The van der Waals surface area contributed by atoms with Crippen molar-refractivity contribution in [1.82, 2.24) is 4.98 Å². The molecule has 0 saturated heterocycles. The Labute approximate surface area is 99.1 Å². The molecular formula is C14H11NO2. The van der Waals surface area contributed by atoms with Crippen LogP contribution in [0.25, 0.3) is 6.08 Å². The third-order valence-electron chi connectivity index (χ3n) is 2.23. The summed E-state index contributed by atoms with van der Waals surface area (Å²) in [6.07, 6.45) is 4.45. The lowest BCUT2D eigenvalue weighted by molar-refractivity contribution is 0.104. The number of allylic oxidation sites excluding steroid dienone is 1. The largest absolute Gasteiger partial charge is 0.506 e. The van der Waals surface area contributed by atoms with Gasteiger partial charge >= 0.3 is 0 Å². The molecule has 1 aromatic heterocycles. The third-order valence-corrected chi connectivity index (χ3v) is 2.23. The zero-order valence-corrected chi connectivity index (χ0v) is 9.08. The lowest BCUT2D eigenvalue weighted by atomic mass is 10.1. The number of hydrogen-bond donors (Lipinski definition) is 1. The van der Waals surface area contributed by atoms with Gasteiger partial charge in [0.05, 0.1) is 6.20 Å².